The van der Waals surface area contributed by atoms with Crippen LogP contribution in [0, 0.1) is 10.8 Å². The number of carbonyl (C=O) groups excluding carboxylic acids is 2. The Morgan fingerprint density at radius 2 is 1.82 bits per heavy atom. The van der Waals surface area contributed by atoms with Crippen LogP contribution in [-0.4, -0.2) is 42.0 Å². The first-order valence-electron chi connectivity index (χ1n) is 11.5. The number of aromatic nitrogens is 1. The lowest BCUT2D eigenvalue weighted by molar-refractivity contribution is -0.112. The molecule has 178 valence electrons. The van der Waals surface area contributed by atoms with E-state index in [0.717, 1.165) is 24.8 Å². The Balaban J connectivity index is 1.37. The smallest absolute Gasteiger partial charge is 0.296 e. The molecule has 2 N–H and O–H groups in total. The average molecular weight is 480 g/mol. The molecule has 1 aliphatic heterocycles. The van der Waals surface area contributed by atoms with Crippen molar-refractivity contribution in [1.29, 1.82) is 0 Å². The number of carbonyl (C=O) groups is 2. The van der Waals surface area contributed by atoms with Gasteiger partial charge in [-0.05, 0) is 54.4 Å². The fourth-order valence-corrected chi connectivity index (χ4v) is 7.95. The molecular weight excluding hydrogens is 450 g/mol. The molecule has 2 fully saturated rings. The van der Waals surface area contributed by atoms with E-state index in [0.29, 0.717) is 11.9 Å². The van der Waals surface area contributed by atoms with E-state index in [2.05, 4.69) is 31.1 Å². The van der Waals surface area contributed by atoms with Crippen molar-refractivity contribution in [2.45, 2.75) is 51.0 Å². The van der Waals surface area contributed by atoms with Gasteiger partial charge in [0.2, 0.25) is 10.0 Å². The van der Waals surface area contributed by atoms with Crippen molar-refractivity contribution in [2.24, 2.45) is 10.8 Å². The van der Waals surface area contributed by atoms with Gasteiger partial charge in [-0.25, -0.2) is 8.42 Å². The van der Waals surface area contributed by atoms with E-state index in [4.69, 9.17) is 0 Å². The Morgan fingerprint density at radius 1 is 1.06 bits per heavy atom. The summed E-state index contributed by atoms with van der Waals surface area (Å²) in [6, 6.07) is 13.4. The number of benzene rings is 2. The highest BCUT2D eigenvalue weighted by Crippen LogP contribution is 2.53. The highest BCUT2D eigenvalue weighted by Gasteiger charge is 2.53. The normalized spacial score (nSPS) is 24.3. The van der Waals surface area contributed by atoms with Crippen LogP contribution in [0.2, 0.25) is 0 Å². The molecular formula is C26H29N3O4S. The minimum Gasteiger partial charge on any atom is -0.360 e. The molecule has 2 aromatic carbocycles. The van der Waals surface area contributed by atoms with Gasteiger partial charge in [0.05, 0.1) is 10.5 Å². The molecule has 0 spiro atoms. The van der Waals surface area contributed by atoms with Gasteiger partial charge in [0.1, 0.15) is 0 Å². The van der Waals surface area contributed by atoms with Crippen molar-refractivity contribution >= 4 is 38.3 Å². The molecule has 8 heteroatoms. The first-order valence-corrected chi connectivity index (χ1v) is 13.0. The number of amides is 1. The highest BCUT2D eigenvalue weighted by molar-refractivity contribution is 7.89. The Labute approximate surface area is 199 Å². The van der Waals surface area contributed by atoms with Gasteiger partial charge in [-0.1, -0.05) is 45.0 Å². The van der Waals surface area contributed by atoms with Crippen molar-refractivity contribution < 1.29 is 18.0 Å². The summed E-state index contributed by atoms with van der Waals surface area (Å²) >= 11 is 0. The lowest BCUT2D eigenvalue weighted by atomic mass is 9.65. The van der Waals surface area contributed by atoms with E-state index >= 15 is 0 Å². The van der Waals surface area contributed by atoms with Crippen LogP contribution in [0.5, 0.6) is 0 Å². The summed E-state index contributed by atoms with van der Waals surface area (Å²) < 4.78 is 28.8. The van der Waals surface area contributed by atoms with Gasteiger partial charge >= 0.3 is 0 Å². The summed E-state index contributed by atoms with van der Waals surface area (Å²) in [4.78, 5) is 28.6. The lowest BCUT2D eigenvalue weighted by Crippen LogP contribution is -2.37. The van der Waals surface area contributed by atoms with Crippen molar-refractivity contribution in [1.82, 2.24) is 9.29 Å². The average Bonchev–Trinajstić information content (AvgIpc) is 3.31. The standard InChI is InChI=1S/C26H29N3O4S/c1-25(2)12-18-13-26(3,15-25)16-29(18)34(32,33)19-8-6-7-17(11-19)28-24(31)23(30)21-14-27-22-10-5-4-9-20(21)22/h4-11,14,18,27H,12-13,15-16H2,1-3H3,(H,28,31). The molecule has 34 heavy (non-hydrogen) atoms. The number of nitrogens with zero attached hydrogens (tertiary/aromatic N) is 1. The Hall–Kier alpha value is -2.97. The summed E-state index contributed by atoms with van der Waals surface area (Å²) in [6.45, 7) is 7.07. The minimum atomic E-state index is -3.74. The van der Waals surface area contributed by atoms with Crippen LogP contribution in [0.25, 0.3) is 10.9 Å². The maximum Gasteiger partial charge on any atom is 0.296 e. The second-order valence-corrected chi connectivity index (χ2v) is 12.7. The number of para-hydroxylation sites is 1. The monoisotopic (exact) mass is 479 g/mol. The highest BCUT2D eigenvalue weighted by atomic mass is 32.2. The maximum absolute atomic E-state index is 13.6. The number of ketones is 1. The summed E-state index contributed by atoms with van der Waals surface area (Å²) in [7, 11) is -3.74. The molecule has 2 atom stereocenters. The number of anilines is 1. The number of hydrogen-bond acceptors (Lipinski definition) is 4. The summed E-state index contributed by atoms with van der Waals surface area (Å²) in [6.07, 6.45) is 4.21. The molecule has 2 bridgehead atoms. The van der Waals surface area contributed by atoms with Crippen molar-refractivity contribution in [3.8, 4) is 0 Å². The molecule has 3 aromatic rings. The van der Waals surface area contributed by atoms with E-state index < -0.39 is 21.7 Å². The van der Waals surface area contributed by atoms with Crippen molar-refractivity contribution in [3.63, 3.8) is 0 Å². The zero-order valence-electron chi connectivity index (χ0n) is 19.6. The molecule has 1 aromatic heterocycles. The molecule has 0 radical (unpaired) electrons. The lowest BCUT2D eigenvalue weighted by Gasteiger charge is -2.39. The number of rotatable bonds is 5. The fourth-order valence-electron chi connectivity index (χ4n) is 6.13. The zero-order chi connectivity index (χ0) is 24.3. The van der Waals surface area contributed by atoms with Crippen LogP contribution in [0.15, 0.2) is 59.6 Å². The zero-order valence-corrected chi connectivity index (χ0v) is 20.4. The van der Waals surface area contributed by atoms with Gasteiger partial charge in [-0.2, -0.15) is 4.31 Å². The van der Waals surface area contributed by atoms with E-state index in [1.165, 1.54) is 12.3 Å². The molecule has 1 amide bonds. The first-order chi connectivity index (χ1) is 16.0. The van der Waals surface area contributed by atoms with Gasteiger partial charge in [-0.15, -0.1) is 0 Å². The number of aromatic amines is 1. The third-order valence-electron chi connectivity index (χ3n) is 7.11. The number of fused-ring (bicyclic) bond motifs is 3. The molecule has 2 unspecified atom stereocenters. The SMILES string of the molecule is CC1(C)CC2CC(C)(CN2S(=O)(=O)c2cccc(NC(=O)C(=O)c3c[nH]c4ccccc34)c2)C1. The molecule has 1 aliphatic carbocycles. The van der Waals surface area contributed by atoms with E-state index in [1.807, 2.05) is 12.1 Å². The molecule has 1 saturated heterocycles. The van der Waals surface area contributed by atoms with Gasteiger partial charge in [0, 0.05) is 35.4 Å². The van der Waals surface area contributed by atoms with Crippen molar-refractivity contribution in [3.05, 3.63) is 60.3 Å². The predicted octanol–water partition coefficient (Wildman–Crippen LogP) is 4.58. The summed E-state index contributed by atoms with van der Waals surface area (Å²) in [5.41, 5.74) is 1.38. The molecule has 2 heterocycles. The van der Waals surface area contributed by atoms with E-state index in [9.17, 15) is 18.0 Å². The first kappa shape index (κ1) is 22.8. The van der Waals surface area contributed by atoms with Crippen LogP contribution in [-0.2, 0) is 14.8 Å². The topological polar surface area (TPSA) is 99.3 Å². The van der Waals surface area contributed by atoms with Crippen LogP contribution in [0.1, 0.15) is 50.4 Å². The van der Waals surface area contributed by atoms with Crippen molar-refractivity contribution in [2.75, 3.05) is 11.9 Å². The maximum atomic E-state index is 13.6. The van der Waals surface area contributed by atoms with Crippen LogP contribution in [0.3, 0.4) is 0 Å². The number of nitrogens with one attached hydrogen (secondary N) is 2. The number of Topliss-reactive ketones (excluding diaryl/α,β-unsaturated/α-hetero) is 1. The van der Waals surface area contributed by atoms with Gasteiger partial charge in [0.25, 0.3) is 11.7 Å². The van der Waals surface area contributed by atoms with Crippen LogP contribution in [0.4, 0.5) is 5.69 Å². The number of hydrogen-bond donors (Lipinski definition) is 2. The predicted molar refractivity (Wildman–Crippen MR) is 131 cm³/mol. The largest absolute Gasteiger partial charge is 0.360 e. The summed E-state index contributed by atoms with van der Waals surface area (Å²) in [5, 5.41) is 3.24. The number of H-pyrrole nitrogens is 1. The second kappa shape index (κ2) is 7.78. The molecule has 5 rings (SSSR count). The molecule has 7 nitrogen and oxygen atoms in total. The Bertz CT molecular complexity index is 1410. The Morgan fingerprint density at radius 3 is 2.62 bits per heavy atom. The van der Waals surface area contributed by atoms with Crippen LogP contribution < -0.4 is 5.32 Å². The third kappa shape index (κ3) is 3.95. The summed E-state index contributed by atoms with van der Waals surface area (Å²) in [5.74, 6) is -1.50. The third-order valence-corrected chi connectivity index (χ3v) is 9.00. The Kier molecular flexibility index (Phi) is 5.22. The van der Waals surface area contributed by atoms with Crippen LogP contribution >= 0.6 is 0 Å². The number of sulfonamides is 1. The quantitative estimate of drug-likeness (QED) is 0.413. The van der Waals surface area contributed by atoms with E-state index in [1.54, 1.807) is 34.6 Å². The molecule has 1 saturated carbocycles. The molecule has 2 aliphatic rings. The minimum absolute atomic E-state index is 0.0274. The second-order valence-electron chi connectivity index (χ2n) is 10.8. The van der Waals surface area contributed by atoms with Gasteiger partial charge < -0.3 is 10.3 Å². The van der Waals surface area contributed by atoms with Gasteiger partial charge in [-0.3, -0.25) is 9.59 Å². The fraction of sp³-hybridized carbons (Fsp3) is 0.385. The van der Waals surface area contributed by atoms with E-state index in [-0.39, 0.29) is 33.0 Å². The van der Waals surface area contributed by atoms with Gasteiger partial charge in [0.15, 0.2) is 0 Å².